The fraction of sp³-hybridized carbons (Fsp3) is 0.321. The van der Waals surface area contributed by atoms with Gasteiger partial charge in [0.15, 0.2) is 5.82 Å². The van der Waals surface area contributed by atoms with Crippen LogP contribution in [0.2, 0.25) is 0 Å². The van der Waals surface area contributed by atoms with Crippen molar-refractivity contribution in [2.75, 3.05) is 38.6 Å². The molecule has 1 N–H and O–H groups in total. The molecule has 4 aromatic rings. The Balaban J connectivity index is 1.37. The Bertz CT molecular complexity index is 1480. The van der Waals surface area contributed by atoms with Crippen LogP contribution in [0.4, 0.5) is 5.82 Å². The number of anilines is 1. The first-order chi connectivity index (χ1) is 17.9. The molecular weight excluding hydrogens is 482 g/mol. The molecule has 2 aliphatic rings. The molecule has 8 nitrogen and oxygen atoms in total. The van der Waals surface area contributed by atoms with Crippen molar-refractivity contribution in [2.45, 2.75) is 17.9 Å². The van der Waals surface area contributed by atoms with E-state index in [0.29, 0.717) is 18.7 Å². The van der Waals surface area contributed by atoms with Crippen molar-refractivity contribution < 1.29 is 5.11 Å². The molecule has 1 unspecified atom stereocenters. The Hall–Kier alpha value is -3.58. The number of aliphatic hydroxyl groups is 1. The zero-order valence-electron chi connectivity index (χ0n) is 20.9. The van der Waals surface area contributed by atoms with Gasteiger partial charge in [0.1, 0.15) is 5.82 Å². The van der Waals surface area contributed by atoms with Crippen LogP contribution in [0, 0.1) is 17.2 Å². The average Bonchev–Trinajstić information content (AvgIpc) is 3.51. The highest BCUT2D eigenvalue weighted by Gasteiger charge is 2.35. The number of thiol groups is 1. The summed E-state index contributed by atoms with van der Waals surface area (Å²) in [5.74, 6) is 1.87. The highest BCUT2D eigenvalue weighted by Crippen LogP contribution is 2.35. The number of aromatic nitrogens is 4. The van der Waals surface area contributed by atoms with E-state index in [1.165, 1.54) is 0 Å². The van der Waals surface area contributed by atoms with Crippen LogP contribution in [0.3, 0.4) is 0 Å². The number of imidazole rings is 1. The Kier molecular flexibility index (Phi) is 6.03. The van der Waals surface area contributed by atoms with Crippen molar-refractivity contribution in [1.82, 2.24) is 24.0 Å². The maximum absolute atomic E-state index is 10.7. The predicted octanol–water partition coefficient (Wildman–Crippen LogP) is 3.29. The number of nitriles is 1. The van der Waals surface area contributed by atoms with Crippen molar-refractivity contribution in [2.24, 2.45) is 5.92 Å². The van der Waals surface area contributed by atoms with E-state index in [-0.39, 0.29) is 11.2 Å². The summed E-state index contributed by atoms with van der Waals surface area (Å²) in [4.78, 5) is 14.2. The first kappa shape index (κ1) is 23.8. The van der Waals surface area contributed by atoms with Crippen LogP contribution < -0.4 is 4.90 Å². The van der Waals surface area contributed by atoms with Gasteiger partial charge in [-0.2, -0.15) is 17.9 Å². The van der Waals surface area contributed by atoms with E-state index in [1.807, 2.05) is 50.8 Å². The lowest BCUT2D eigenvalue weighted by Crippen LogP contribution is -2.53. The molecule has 188 valence electrons. The van der Waals surface area contributed by atoms with E-state index in [1.54, 1.807) is 0 Å². The predicted molar refractivity (Wildman–Crippen MR) is 147 cm³/mol. The van der Waals surface area contributed by atoms with E-state index in [9.17, 15) is 5.11 Å². The largest absolute Gasteiger partial charge is 0.392 e. The third-order valence-electron chi connectivity index (χ3n) is 7.29. The topological polar surface area (TPSA) is 86.1 Å². The summed E-state index contributed by atoms with van der Waals surface area (Å²) < 4.78 is 4.30. The molecule has 1 aromatic carbocycles. The van der Waals surface area contributed by atoms with Gasteiger partial charge in [-0.1, -0.05) is 12.1 Å². The van der Waals surface area contributed by atoms with E-state index in [2.05, 4.69) is 54.4 Å². The van der Waals surface area contributed by atoms with Crippen LogP contribution in [0.25, 0.3) is 28.3 Å². The van der Waals surface area contributed by atoms with E-state index in [4.69, 9.17) is 22.9 Å². The minimum Gasteiger partial charge on any atom is -0.392 e. The third-order valence-corrected chi connectivity index (χ3v) is 7.76. The molecule has 0 spiro atoms. The van der Waals surface area contributed by atoms with Gasteiger partial charge in [-0.25, -0.2) is 9.97 Å². The molecule has 0 radical (unpaired) electrons. The molecule has 3 aromatic heterocycles. The van der Waals surface area contributed by atoms with Gasteiger partial charge in [0.05, 0.1) is 41.4 Å². The maximum atomic E-state index is 10.7. The molecule has 2 aliphatic heterocycles. The number of benzene rings is 1. The number of piperidine rings is 1. The van der Waals surface area contributed by atoms with E-state index < -0.39 is 6.10 Å². The van der Waals surface area contributed by atoms with Crippen LogP contribution >= 0.6 is 12.6 Å². The zero-order chi connectivity index (χ0) is 25.7. The minimum atomic E-state index is -0.445. The van der Waals surface area contributed by atoms with Gasteiger partial charge in [0.2, 0.25) is 0 Å². The molecule has 3 atom stereocenters. The second kappa shape index (κ2) is 9.38. The number of rotatable bonds is 4. The number of aliphatic hydroxyl groups excluding tert-OH is 1. The first-order valence-corrected chi connectivity index (χ1v) is 12.9. The SMILES string of the molecule is CN(C)C[C@@H]1CN(c2ccc3c(n2)Cn2cc(-c4ccc(C#N)cc4)cc2-c2nccn2-3)CC(S)[C@H]1O. The Morgan fingerprint density at radius 3 is 2.70 bits per heavy atom. The summed E-state index contributed by atoms with van der Waals surface area (Å²) in [5.41, 5.74) is 5.77. The summed E-state index contributed by atoms with van der Waals surface area (Å²) in [5, 5.41) is 19.7. The summed E-state index contributed by atoms with van der Waals surface area (Å²) in [7, 11) is 4.06. The standard InChI is InChI=1S/C28H29N7OS/c1-32(2)13-21-15-34(17-25(37)27(21)36)26-8-7-23-22(31-26)16-33-14-20(19-5-3-18(12-29)4-6-19)11-24(33)28-30-9-10-35(23)28/h3-11,14,21,25,27,36-37H,13,15-17H2,1-2H3/t21-,25?,27+/m1/s1. The minimum absolute atomic E-state index is 0.0955. The van der Waals surface area contributed by atoms with E-state index >= 15 is 0 Å². The lowest BCUT2D eigenvalue weighted by molar-refractivity contribution is 0.0785. The van der Waals surface area contributed by atoms with Crippen molar-refractivity contribution in [3.8, 4) is 34.4 Å². The van der Waals surface area contributed by atoms with Crippen LogP contribution in [0.15, 0.2) is 61.1 Å². The smallest absolute Gasteiger partial charge is 0.161 e. The monoisotopic (exact) mass is 511 g/mol. The molecule has 0 aliphatic carbocycles. The third kappa shape index (κ3) is 4.31. The highest BCUT2D eigenvalue weighted by molar-refractivity contribution is 7.81. The molecule has 0 amide bonds. The number of hydrogen-bond acceptors (Lipinski definition) is 7. The van der Waals surface area contributed by atoms with Crippen LogP contribution in [-0.2, 0) is 6.54 Å². The summed E-state index contributed by atoms with van der Waals surface area (Å²) in [6, 6.07) is 16.2. The number of fused-ring (bicyclic) bond motifs is 5. The van der Waals surface area contributed by atoms with Crippen LogP contribution in [0.1, 0.15) is 11.3 Å². The highest BCUT2D eigenvalue weighted by atomic mass is 32.1. The van der Waals surface area contributed by atoms with Gasteiger partial charge in [0, 0.05) is 55.0 Å². The molecule has 9 heteroatoms. The molecule has 5 heterocycles. The van der Waals surface area contributed by atoms with Gasteiger partial charge in [-0.15, -0.1) is 0 Å². The average molecular weight is 512 g/mol. The van der Waals surface area contributed by atoms with Crippen molar-refractivity contribution in [1.29, 1.82) is 5.26 Å². The second-order valence-corrected chi connectivity index (χ2v) is 10.8. The summed E-state index contributed by atoms with van der Waals surface area (Å²) >= 11 is 4.71. The normalized spacial score (nSPS) is 20.6. The van der Waals surface area contributed by atoms with Crippen molar-refractivity contribution in [3.63, 3.8) is 0 Å². The lowest BCUT2D eigenvalue weighted by Gasteiger charge is -2.41. The summed E-state index contributed by atoms with van der Waals surface area (Å²) in [6.45, 7) is 2.78. The molecular formula is C28H29N7OS. The van der Waals surface area contributed by atoms with Gasteiger partial charge in [-0.05, 0) is 50.0 Å². The van der Waals surface area contributed by atoms with Gasteiger partial charge >= 0.3 is 0 Å². The van der Waals surface area contributed by atoms with Gasteiger partial charge in [0.25, 0.3) is 0 Å². The lowest BCUT2D eigenvalue weighted by atomic mass is 9.93. The van der Waals surface area contributed by atoms with Crippen LogP contribution in [0.5, 0.6) is 0 Å². The van der Waals surface area contributed by atoms with Crippen molar-refractivity contribution in [3.05, 3.63) is 72.3 Å². The first-order valence-electron chi connectivity index (χ1n) is 12.4. The molecule has 37 heavy (non-hydrogen) atoms. The van der Waals surface area contributed by atoms with Gasteiger partial charge < -0.3 is 19.5 Å². The fourth-order valence-electron chi connectivity index (χ4n) is 5.50. The Labute approximate surface area is 221 Å². The number of hydrogen-bond donors (Lipinski definition) is 2. The molecule has 1 fully saturated rings. The molecule has 1 saturated heterocycles. The summed E-state index contributed by atoms with van der Waals surface area (Å²) in [6.07, 6.45) is 5.49. The second-order valence-electron chi connectivity index (χ2n) is 10.2. The number of pyridine rings is 1. The van der Waals surface area contributed by atoms with Gasteiger partial charge in [-0.3, -0.25) is 4.57 Å². The van der Waals surface area contributed by atoms with Crippen LogP contribution in [-0.4, -0.2) is 74.2 Å². The zero-order valence-corrected chi connectivity index (χ0v) is 21.8. The number of nitrogens with zero attached hydrogens (tertiary/aromatic N) is 7. The molecule has 0 bridgehead atoms. The van der Waals surface area contributed by atoms with E-state index in [0.717, 1.165) is 52.9 Å². The molecule has 0 saturated carbocycles. The maximum Gasteiger partial charge on any atom is 0.161 e. The fourth-order valence-corrected chi connectivity index (χ4v) is 5.94. The van der Waals surface area contributed by atoms with Crippen molar-refractivity contribution >= 4 is 18.4 Å². The Morgan fingerprint density at radius 2 is 1.95 bits per heavy atom. The molecule has 6 rings (SSSR count). The quantitative estimate of drug-likeness (QED) is 0.360. The Morgan fingerprint density at radius 1 is 1.14 bits per heavy atom.